The fourth-order valence-electron chi connectivity index (χ4n) is 3.97. The molecule has 0 radical (unpaired) electrons. The molecule has 1 saturated heterocycles. The number of nitrogens with zero attached hydrogens (tertiary/aromatic N) is 5. The maximum Gasteiger partial charge on any atom is 0.167 e. The molecule has 7 heteroatoms. The third-order valence-electron chi connectivity index (χ3n) is 5.42. The second-order valence-electron chi connectivity index (χ2n) is 7.75. The second-order valence-corrected chi connectivity index (χ2v) is 7.75. The molecule has 6 nitrogen and oxygen atoms in total. The van der Waals surface area contributed by atoms with Gasteiger partial charge >= 0.3 is 0 Å². The average Bonchev–Trinajstić information content (AvgIpc) is 3.13. The first-order valence-electron chi connectivity index (χ1n) is 10.2. The Balaban J connectivity index is 1.71. The Morgan fingerprint density at radius 3 is 2.67 bits per heavy atom. The highest BCUT2D eigenvalue weighted by Gasteiger charge is 2.20. The zero-order valence-corrected chi connectivity index (χ0v) is 17.0. The number of halogens is 1. The van der Waals surface area contributed by atoms with Crippen LogP contribution in [0.4, 0.5) is 10.2 Å². The summed E-state index contributed by atoms with van der Waals surface area (Å²) in [4.78, 5) is 16.5. The van der Waals surface area contributed by atoms with Crippen molar-refractivity contribution in [2.24, 2.45) is 0 Å². The molecule has 5 rings (SSSR count). The minimum atomic E-state index is -0.269. The third-order valence-corrected chi connectivity index (χ3v) is 5.42. The topological polar surface area (TPSA) is 58.9 Å². The van der Waals surface area contributed by atoms with Crippen LogP contribution in [0, 0.1) is 12.7 Å². The number of benzene rings is 1. The molecule has 30 heavy (non-hydrogen) atoms. The number of nitrogens with one attached hydrogen (secondary N) is 1. The second kappa shape index (κ2) is 7.50. The van der Waals surface area contributed by atoms with Gasteiger partial charge in [-0.1, -0.05) is 0 Å². The number of anilines is 1. The monoisotopic (exact) mass is 402 g/mol. The van der Waals surface area contributed by atoms with Crippen LogP contribution in [0.3, 0.4) is 0 Å². The van der Waals surface area contributed by atoms with E-state index in [2.05, 4.69) is 22.1 Å². The molecule has 152 valence electrons. The summed E-state index contributed by atoms with van der Waals surface area (Å²) < 4.78 is 15.5. The molecule has 3 aromatic heterocycles. The standard InChI is InChI=1S/C23H23FN6/c1-15-13-19(9-10-25-15)30-22(17-3-5-18(24)6-4-17)27-20-7-8-21(28-23(20)30)29-12-11-26-16(2)14-29/h3-10,13,16,26H,11-12,14H2,1-2H3/t16-/m0/s1. The Bertz CT molecular complexity index is 1200. The molecule has 1 N–H and O–H groups in total. The van der Waals surface area contributed by atoms with Crippen molar-refractivity contribution < 1.29 is 4.39 Å². The molecule has 1 fully saturated rings. The van der Waals surface area contributed by atoms with Crippen molar-refractivity contribution in [3.05, 3.63) is 66.2 Å². The summed E-state index contributed by atoms with van der Waals surface area (Å²) in [5, 5.41) is 3.47. The van der Waals surface area contributed by atoms with Gasteiger partial charge in [-0.2, -0.15) is 0 Å². The summed E-state index contributed by atoms with van der Waals surface area (Å²) in [5.41, 5.74) is 4.26. The Labute approximate surface area is 174 Å². The number of imidazole rings is 1. The third kappa shape index (κ3) is 3.41. The molecule has 4 heterocycles. The minimum absolute atomic E-state index is 0.269. The van der Waals surface area contributed by atoms with E-state index in [9.17, 15) is 4.39 Å². The van der Waals surface area contributed by atoms with Crippen molar-refractivity contribution in [1.29, 1.82) is 0 Å². The van der Waals surface area contributed by atoms with Gasteiger partial charge in [0.05, 0.1) is 5.69 Å². The van der Waals surface area contributed by atoms with Crippen LogP contribution in [0.25, 0.3) is 28.2 Å². The van der Waals surface area contributed by atoms with Crippen molar-refractivity contribution in [2.75, 3.05) is 24.5 Å². The van der Waals surface area contributed by atoms with Gasteiger partial charge in [0.25, 0.3) is 0 Å². The molecule has 1 aliphatic heterocycles. The minimum Gasteiger partial charge on any atom is -0.354 e. The maximum absolute atomic E-state index is 13.5. The fraction of sp³-hybridized carbons (Fsp3) is 0.261. The highest BCUT2D eigenvalue weighted by Crippen LogP contribution is 2.29. The smallest absolute Gasteiger partial charge is 0.167 e. The summed E-state index contributed by atoms with van der Waals surface area (Å²) >= 11 is 0. The van der Waals surface area contributed by atoms with Crippen LogP contribution in [-0.4, -0.2) is 45.2 Å². The first-order chi connectivity index (χ1) is 14.6. The molecule has 4 aromatic rings. The van der Waals surface area contributed by atoms with Gasteiger partial charge in [0.1, 0.15) is 23.0 Å². The lowest BCUT2D eigenvalue weighted by Gasteiger charge is -2.32. The number of piperazine rings is 1. The number of aromatic nitrogens is 4. The first-order valence-corrected chi connectivity index (χ1v) is 10.2. The van der Waals surface area contributed by atoms with Crippen molar-refractivity contribution in [3.8, 4) is 17.1 Å². The van der Waals surface area contributed by atoms with E-state index in [0.29, 0.717) is 6.04 Å². The maximum atomic E-state index is 13.5. The van der Waals surface area contributed by atoms with E-state index in [0.717, 1.165) is 59.4 Å². The van der Waals surface area contributed by atoms with Gasteiger partial charge in [-0.3, -0.25) is 9.55 Å². The fourth-order valence-corrected chi connectivity index (χ4v) is 3.97. The molecule has 0 aliphatic carbocycles. The summed E-state index contributed by atoms with van der Waals surface area (Å²) in [7, 11) is 0. The van der Waals surface area contributed by atoms with E-state index < -0.39 is 0 Å². The highest BCUT2D eigenvalue weighted by molar-refractivity contribution is 5.81. The lowest BCUT2D eigenvalue weighted by atomic mass is 10.2. The molecular formula is C23H23FN6. The Kier molecular flexibility index (Phi) is 4.67. The first kappa shape index (κ1) is 18.7. The van der Waals surface area contributed by atoms with Crippen molar-refractivity contribution >= 4 is 17.0 Å². The Morgan fingerprint density at radius 1 is 1.07 bits per heavy atom. The molecular weight excluding hydrogens is 379 g/mol. The highest BCUT2D eigenvalue weighted by atomic mass is 19.1. The Morgan fingerprint density at radius 2 is 1.90 bits per heavy atom. The quantitative estimate of drug-likeness (QED) is 0.566. The van der Waals surface area contributed by atoms with Crippen LogP contribution >= 0.6 is 0 Å². The van der Waals surface area contributed by atoms with Gasteiger partial charge in [0, 0.05) is 43.1 Å². The predicted molar refractivity (Wildman–Crippen MR) is 116 cm³/mol. The molecule has 0 spiro atoms. The predicted octanol–water partition coefficient (Wildman–Crippen LogP) is 3.73. The number of aryl methyl sites for hydroxylation is 1. The zero-order valence-electron chi connectivity index (χ0n) is 17.0. The van der Waals surface area contributed by atoms with Crippen molar-refractivity contribution in [1.82, 2.24) is 24.8 Å². The van der Waals surface area contributed by atoms with E-state index in [-0.39, 0.29) is 5.82 Å². The number of rotatable bonds is 3. The van der Waals surface area contributed by atoms with Crippen molar-refractivity contribution in [2.45, 2.75) is 19.9 Å². The average molecular weight is 402 g/mol. The van der Waals surface area contributed by atoms with Crippen molar-refractivity contribution in [3.63, 3.8) is 0 Å². The van der Waals surface area contributed by atoms with Gasteiger partial charge in [0.15, 0.2) is 5.65 Å². The Hall–Kier alpha value is -3.32. The van der Waals surface area contributed by atoms with Gasteiger partial charge < -0.3 is 10.2 Å². The molecule has 0 saturated carbocycles. The van der Waals surface area contributed by atoms with Crippen LogP contribution in [0.5, 0.6) is 0 Å². The van der Waals surface area contributed by atoms with E-state index in [1.54, 1.807) is 18.3 Å². The molecule has 0 unspecified atom stereocenters. The van der Waals surface area contributed by atoms with Crippen LogP contribution in [0.2, 0.25) is 0 Å². The van der Waals surface area contributed by atoms with E-state index in [1.165, 1.54) is 12.1 Å². The van der Waals surface area contributed by atoms with Crippen LogP contribution in [0.15, 0.2) is 54.7 Å². The summed E-state index contributed by atoms with van der Waals surface area (Å²) in [6, 6.07) is 14.8. The number of pyridine rings is 2. The van der Waals surface area contributed by atoms with Gasteiger partial charge in [-0.05, 0) is 62.4 Å². The molecule has 1 aromatic carbocycles. The van der Waals surface area contributed by atoms with E-state index >= 15 is 0 Å². The van der Waals surface area contributed by atoms with Crippen LogP contribution in [-0.2, 0) is 0 Å². The SMILES string of the molecule is Cc1cc(-n2c(-c3ccc(F)cc3)nc3ccc(N4CCN[C@@H](C)C4)nc32)ccn1. The van der Waals surface area contributed by atoms with Gasteiger partial charge in [0.2, 0.25) is 0 Å². The molecule has 1 aliphatic rings. The number of hydrogen-bond donors (Lipinski definition) is 1. The van der Waals surface area contributed by atoms with E-state index in [1.807, 2.05) is 35.8 Å². The largest absolute Gasteiger partial charge is 0.354 e. The normalized spacial score (nSPS) is 16.9. The summed E-state index contributed by atoms with van der Waals surface area (Å²) in [6.45, 7) is 6.90. The van der Waals surface area contributed by atoms with Gasteiger partial charge in [-0.25, -0.2) is 14.4 Å². The molecule has 0 bridgehead atoms. The number of hydrogen-bond acceptors (Lipinski definition) is 5. The van der Waals surface area contributed by atoms with Crippen LogP contribution < -0.4 is 10.2 Å². The molecule has 1 atom stereocenters. The lowest BCUT2D eigenvalue weighted by molar-refractivity contribution is 0.482. The van der Waals surface area contributed by atoms with Gasteiger partial charge in [-0.15, -0.1) is 0 Å². The summed E-state index contributed by atoms with van der Waals surface area (Å²) in [5.74, 6) is 1.40. The lowest BCUT2D eigenvalue weighted by Crippen LogP contribution is -2.49. The number of fused-ring (bicyclic) bond motifs is 1. The summed E-state index contributed by atoms with van der Waals surface area (Å²) in [6.07, 6.45) is 1.78. The van der Waals surface area contributed by atoms with Crippen LogP contribution in [0.1, 0.15) is 12.6 Å². The van der Waals surface area contributed by atoms with E-state index in [4.69, 9.17) is 9.97 Å². The molecule has 0 amide bonds. The zero-order chi connectivity index (χ0) is 20.7.